The Morgan fingerprint density at radius 3 is 3.11 bits per heavy atom. The maximum atomic E-state index is 11.4. The number of likely N-dealkylation sites (tertiary alicyclic amines) is 1. The molecule has 0 unspecified atom stereocenters. The summed E-state index contributed by atoms with van der Waals surface area (Å²) in [7, 11) is 0. The Morgan fingerprint density at radius 1 is 1.67 bits per heavy atom. The van der Waals surface area contributed by atoms with Crippen LogP contribution in [0.1, 0.15) is 32.4 Å². The van der Waals surface area contributed by atoms with Gasteiger partial charge in [-0.1, -0.05) is 13.3 Å². The number of carbonyl (C=O) groups excluding carboxylic acids is 1. The van der Waals surface area contributed by atoms with Gasteiger partial charge in [-0.05, 0) is 12.3 Å². The summed E-state index contributed by atoms with van der Waals surface area (Å²) in [4.78, 5) is 17.7. The Labute approximate surface area is 112 Å². The maximum Gasteiger partial charge on any atom is 0.219 e. The van der Waals surface area contributed by atoms with Crippen molar-refractivity contribution in [2.24, 2.45) is 5.92 Å². The number of rotatable bonds is 4. The molecule has 5 heteroatoms. The van der Waals surface area contributed by atoms with Gasteiger partial charge in [0, 0.05) is 38.0 Å². The molecule has 1 aromatic rings. The molecule has 1 aromatic heterocycles. The fraction of sp³-hybridized carbons (Fsp3) is 0.692. The number of nitrogens with zero attached hydrogens (tertiary/aromatic N) is 2. The van der Waals surface area contributed by atoms with Crippen molar-refractivity contribution in [2.75, 3.05) is 13.1 Å². The molecule has 0 aromatic carbocycles. The molecule has 1 N–H and O–H groups in total. The second-order valence-corrected chi connectivity index (χ2v) is 5.61. The minimum absolute atomic E-state index is 0.200. The second kappa shape index (κ2) is 6.29. The van der Waals surface area contributed by atoms with Crippen LogP contribution in [0.5, 0.6) is 0 Å². The van der Waals surface area contributed by atoms with E-state index in [4.69, 9.17) is 0 Å². The summed E-state index contributed by atoms with van der Waals surface area (Å²) in [5.74, 6) is 0.757. The van der Waals surface area contributed by atoms with E-state index >= 15 is 0 Å². The fourth-order valence-electron chi connectivity index (χ4n) is 2.56. The molecule has 1 fully saturated rings. The zero-order valence-electron chi connectivity index (χ0n) is 11.1. The fourth-order valence-corrected chi connectivity index (χ4v) is 3.12. The number of hydrogen-bond donors (Lipinski definition) is 1. The molecular weight excluding hydrogens is 246 g/mol. The molecule has 0 spiro atoms. The predicted octanol–water partition coefficient (Wildman–Crippen LogP) is 1.88. The maximum absolute atomic E-state index is 11.4. The molecule has 18 heavy (non-hydrogen) atoms. The van der Waals surface area contributed by atoms with Gasteiger partial charge in [0.15, 0.2) is 0 Å². The zero-order chi connectivity index (χ0) is 13.0. The van der Waals surface area contributed by atoms with Crippen LogP contribution in [0, 0.1) is 5.92 Å². The van der Waals surface area contributed by atoms with E-state index in [0.717, 1.165) is 38.2 Å². The van der Waals surface area contributed by atoms with E-state index in [-0.39, 0.29) is 5.91 Å². The summed E-state index contributed by atoms with van der Waals surface area (Å²) in [6.45, 7) is 6.47. The average molecular weight is 267 g/mol. The first kappa shape index (κ1) is 13.5. The number of nitrogens with one attached hydrogen (secondary N) is 1. The quantitative estimate of drug-likeness (QED) is 0.906. The molecule has 1 aliphatic rings. The number of amides is 1. The summed E-state index contributed by atoms with van der Waals surface area (Å²) in [5, 5.41) is 5.67. The van der Waals surface area contributed by atoms with Crippen LogP contribution < -0.4 is 5.32 Å². The molecule has 0 aliphatic carbocycles. The Morgan fingerprint density at radius 2 is 2.50 bits per heavy atom. The third-order valence-electron chi connectivity index (χ3n) is 3.73. The van der Waals surface area contributed by atoms with Gasteiger partial charge in [0.1, 0.15) is 0 Å². The normalized spacial score (nSPS) is 24.2. The molecule has 0 radical (unpaired) electrons. The highest BCUT2D eigenvalue weighted by atomic mass is 32.1. The van der Waals surface area contributed by atoms with Crippen LogP contribution in [0.15, 0.2) is 10.9 Å². The first-order valence-electron chi connectivity index (χ1n) is 6.56. The minimum Gasteiger partial charge on any atom is -0.343 e. The van der Waals surface area contributed by atoms with E-state index in [9.17, 15) is 4.79 Å². The smallest absolute Gasteiger partial charge is 0.219 e. The lowest BCUT2D eigenvalue weighted by Crippen LogP contribution is -2.50. The third kappa shape index (κ3) is 3.29. The first-order chi connectivity index (χ1) is 8.70. The molecule has 2 rings (SSSR count). The Hall–Kier alpha value is -0.940. The Bertz CT molecular complexity index is 380. The molecule has 2 heterocycles. The molecule has 2 atom stereocenters. The Balaban J connectivity index is 1.86. The standard InChI is InChI=1S/C13H21N3OS/c1-3-11-7-16(10(2)17)5-4-13(11)14-6-12-8-18-9-15-12/h8-9,11,13-14H,3-7H2,1-2H3/t11-,13-/m1/s1. The summed E-state index contributed by atoms with van der Waals surface area (Å²) < 4.78 is 0. The highest BCUT2D eigenvalue weighted by Crippen LogP contribution is 2.20. The second-order valence-electron chi connectivity index (χ2n) is 4.89. The highest BCUT2D eigenvalue weighted by molar-refractivity contribution is 7.07. The van der Waals surface area contributed by atoms with Crippen molar-refractivity contribution in [1.29, 1.82) is 0 Å². The van der Waals surface area contributed by atoms with E-state index in [1.165, 1.54) is 0 Å². The molecule has 1 amide bonds. The van der Waals surface area contributed by atoms with Crippen LogP contribution in [0.3, 0.4) is 0 Å². The lowest BCUT2D eigenvalue weighted by Gasteiger charge is -2.38. The largest absolute Gasteiger partial charge is 0.343 e. The number of hydrogen-bond acceptors (Lipinski definition) is 4. The van der Waals surface area contributed by atoms with Crippen molar-refractivity contribution < 1.29 is 4.79 Å². The molecule has 0 bridgehead atoms. The number of carbonyl (C=O) groups is 1. The summed E-state index contributed by atoms with van der Waals surface area (Å²) >= 11 is 1.63. The van der Waals surface area contributed by atoms with E-state index < -0.39 is 0 Å². The van der Waals surface area contributed by atoms with Crippen molar-refractivity contribution in [1.82, 2.24) is 15.2 Å². The van der Waals surface area contributed by atoms with Gasteiger partial charge in [-0.15, -0.1) is 11.3 Å². The van der Waals surface area contributed by atoms with E-state index in [0.29, 0.717) is 12.0 Å². The third-order valence-corrected chi connectivity index (χ3v) is 4.37. The van der Waals surface area contributed by atoms with E-state index in [2.05, 4.69) is 22.6 Å². The van der Waals surface area contributed by atoms with Gasteiger partial charge in [0.05, 0.1) is 11.2 Å². The summed E-state index contributed by atoms with van der Waals surface area (Å²) in [6.07, 6.45) is 2.15. The van der Waals surface area contributed by atoms with Crippen molar-refractivity contribution in [3.8, 4) is 0 Å². The molecule has 1 aliphatic heterocycles. The van der Waals surface area contributed by atoms with E-state index in [1.807, 2.05) is 10.4 Å². The van der Waals surface area contributed by atoms with Crippen LogP contribution >= 0.6 is 11.3 Å². The number of piperidine rings is 1. The molecule has 4 nitrogen and oxygen atoms in total. The van der Waals surface area contributed by atoms with Crippen LogP contribution in [-0.2, 0) is 11.3 Å². The monoisotopic (exact) mass is 267 g/mol. The van der Waals surface area contributed by atoms with Crippen LogP contribution in [0.2, 0.25) is 0 Å². The van der Waals surface area contributed by atoms with E-state index in [1.54, 1.807) is 18.3 Å². The summed E-state index contributed by atoms with van der Waals surface area (Å²) in [5.41, 5.74) is 2.98. The van der Waals surface area contributed by atoms with Crippen molar-refractivity contribution >= 4 is 17.2 Å². The van der Waals surface area contributed by atoms with Crippen molar-refractivity contribution in [3.63, 3.8) is 0 Å². The lowest BCUT2D eigenvalue weighted by atomic mass is 9.90. The number of thiazole rings is 1. The molecule has 100 valence electrons. The van der Waals surface area contributed by atoms with Gasteiger partial charge in [-0.3, -0.25) is 4.79 Å². The van der Waals surface area contributed by atoms with Crippen LogP contribution in [0.4, 0.5) is 0 Å². The average Bonchev–Trinajstić information content (AvgIpc) is 2.89. The van der Waals surface area contributed by atoms with Gasteiger partial charge in [-0.2, -0.15) is 0 Å². The SMILES string of the molecule is CC[C@@H]1CN(C(C)=O)CC[C@H]1NCc1cscn1. The van der Waals surface area contributed by atoms with Gasteiger partial charge < -0.3 is 10.2 Å². The molecule has 0 saturated carbocycles. The Kier molecular flexibility index (Phi) is 4.72. The van der Waals surface area contributed by atoms with Crippen LogP contribution in [0.25, 0.3) is 0 Å². The number of aromatic nitrogens is 1. The molecule has 1 saturated heterocycles. The van der Waals surface area contributed by atoms with Gasteiger partial charge in [0.25, 0.3) is 0 Å². The lowest BCUT2D eigenvalue weighted by molar-refractivity contribution is -0.131. The first-order valence-corrected chi connectivity index (χ1v) is 7.51. The van der Waals surface area contributed by atoms with Gasteiger partial charge in [-0.25, -0.2) is 4.98 Å². The van der Waals surface area contributed by atoms with Crippen LogP contribution in [-0.4, -0.2) is 34.9 Å². The highest BCUT2D eigenvalue weighted by Gasteiger charge is 2.28. The van der Waals surface area contributed by atoms with Crippen molar-refractivity contribution in [3.05, 3.63) is 16.6 Å². The minimum atomic E-state index is 0.200. The van der Waals surface area contributed by atoms with Crippen molar-refractivity contribution in [2.45, 2.75) is 39.3 Å². The molecular formula is C13H21N3OS. The zero-order valence-corrected chi connectivity index (χ0v) is 11.9. The predicted molar refractivity (Wildman–Crippen MR) is 73.4 cm³/mol. The summed E-state index contributed by atoms with van der Waals surface area (Å²) in [6, 6.07) is 0.507. The van der Waals surface area contributed by atoms with Gasteiger partial charge >= 0.3 is 0 Å². The van der Waals surface area contributed by atoms with Gasteiger partial charge in [0.2, 0.25) is 5.91 Å². The topological polar surface area (TPSA) is 45.2 Å².